The first-order valence-electron chi connectivity index (χ1n) is 8.80. The second-order valence-corrected chi connectivity index (χ2v) is 6.77. The summed E-state index contributed by atoms with van der Waals surface area (Å²) in [5.74, 6) is 0.868. The van der Waals surface area contributed by atoms with Crippen LogP contribution < -0.4 is 15.4 Å². The van der Waals surface area contributed by atoms with E-state index >= 15 is 0 Å². The van der Waals surface area contributed by atoms with Gasteiger partial charge in [-0.05, 0) is 32.4 Å². The smallest absolute Gasteiger partial charge is 0.237 e. The Morgan fingerprint density at radius 1 is 1.40 bits per heavy atom. The van der Waals surface area contributed by atoms with E-state index in [4.69, 9.17) is 4.74 Å². The number of fused-ring (bicyclic) bond motifs is 1. The van der Waals surface area contributed by atoms with E-state index in [-0.39, 0.29) is 24.0 Å². The van der Waals surface area contributed by atoms with Gasteiger partial charge in [0.1, 0.15) is 5.75 Å². The van der Waals surface area contributed by atoms with Crippen LogP contribution in [-0.4, -0.2) is 34.4 Å². The van der Waals surface area contributed by atoms with Crippen LogP contribution in [0.4, 0.5) is 0 Å². The van der Waals surface area contributed by atoms with Crippen LogP contribution in [0, 0.1) is 6.92 Å². The summed E-state index contributed by atoms with van der Waals surface area (Å²) >= 11 is 0. The molecule has 0 bridgehead atoms. The number of nitrogens with zero attached hydrogens (tertiary/aromatic N) is 2. The maximum Gasteiger partial charge on any atom is 0.237 e. The lowest BCUT2D eigenvalue weighted by Crippen LogP contribution is -2.48. The molecule has 25 heavy (non-hydrogen) atoms. The number of carbonyl (C=O) groups is 1. The molecule has 0 saturated heterocycles. The van der Waals surface area contributed by atoms with E-state index in [0.29, 0.717) is 6.61 Å². The first-order chi connectivity index (χ1) is 12.0. The molecular formula is C19H26N4O2. The van der Waals surface area contributed by atoms with Crippen LogP contribution in [0.3, 0.4) is 0 Å². The molecule has 6 nitrogen and oxygen atoms in total. The fourth-order valence-electron chi connectivity index (χ4n) is 3.19. The minimum Gasteiger partial charge on any atom is -0.493 e. The number of hydrogen-bond donors (Lipinski definition) is 2. The number of ether oxygens (including phenoxy) is 1. The van der Waals surface area contributed by atoms with E-state index in [1.54, 1.807) is 0 Å². The monoisotopic (exact) mass is 342 g/mol. The molecule has 3 rings (SSSR count). The van der Waals surface area contributed by atoms with Gasteiger partial charge in [-0.1, -0.05) is 18.2 Å². The van der Waals surface area contributed by atoms with Crippen LogP contribution in [0.25, 0.3) is 0 Å². The lowest BCUT2D eigenvalue weighted by Gasteiger charge is -2.28. The van der Waals surface area contributed by atoms with Crippen molar-refractivity contribution in [3.63, 3.8) is 0 Å². The molecule has 134 valence electrons. The Balaban J connectivity index is 1.54. The average Bonchev–Trinajstić information content (AvgIpc) is 2.99. The van der Waals surface area contributed by atoms with Crippen molar-refractivity contribution >= 4 is 5.91 Å². The van der Waals surface area contributed by atoms with Crippen molar-refractivity contribution < 1.29 is 9.53 Å². The minimum absolute atomic E-state index is 0.00481. The van der Waals surface area contributed by atoms with E-state index in [0.717, 1.165) is 29.8 Å². The lowest BCUT2D eigenvalue weighted by atomic mass is 10.0. The molecule has 2 heterocycles. The lowest BCUT2D eigenvalue weighted by molar-refractivity contribution is -0.123. The molecule has 0 fully saturated rings. The Hall–Kier alpha value is -2.34. The molecule has 0 radical (unpaired) electrons. The zero-order chi connectivity index (χ0) is 17.8. The number of hydrogen-bond acceptors (Lipinski definition) is 4. The number of aromatic nitrogens is 2. The summed E-state index contributed by atoms with van der Waals surface area (Å²) in [7, 11) is 0. The van der Waals surface area contributed by atoms with E-state index in [2.05, 4.69) is 22.7 Å². The molecule has 0 saturated carbocycles. The van der Waals surface area contributed by atoms with Crippen molar-refractivity contribution in [2.45, 2.75) is 51.9 Å². The zero-order valence-electron chi connectivity index (χ0n) is 15.0. The standard InChI is InChI=1S/C19H26N4O2/c1-13-10-20-23(11-13)12-14(2)21-15(3)19(24)22-17-8-9-25-18-7-5-4-6-16(17)18/h4-7,10-11,14-15,17,21H,8-9,12H2,1-3H3,(H,22,24)/t14-,15+,17-/m0/s1. The molecule has 1 aliphatic rings. The van der Waals surface area contributed by atoms with E-state index < -0.39 is 0 Å². The minimum atomic E-state index is -0.276. The number of para-hydroxylation sites is 1. The van der Waals surface area contributed by atoms with E-state index in [9.17, 15) is 4.79 Å². The summed E-state index contributed by atoms with van der Waals surface area (Å²) in [6.45, 7) is 7.32. The van der Waals surface area contributed by atoms with Gasteiger partial charge in [0.15, 0.2) is 0 Å². The Morgan fingerprint density at radius 2 is 2.20 bits per heavy atom. The fourth-order valence-corrected chi connectivity index (χ4v) is 3.19. The van der Waals surface area contributed by atoms with Crippen molar-refractivity contribution in [1.29, 1.82) is 0 Å². The molecule has 1 aromatic heterocycles. The second-order valence-electron chi connectivity index (χ2n) is 6.77. The largest absolute Gasteiger partial charge is 0.493 e. The van der Waals surface area contributed by atoms with Gasteiger partial charge in [0.2, 0.25) is 5.91 Å². The maximum absolute atomic E-state index is 12.6. The van der Waals surface area contributed by atoms with Gasteiger partial charge in [-0.25, -0.2) is 0 Å². The fraction of sp³-hybridized carbons (Fsp3) is 0.474. The second kappa shape index (κ2) is 7.70. The summed E-state index contributed by atoms with van der Waals surface area (Å²) in [5, 5.41) is 10.8. The van der Waals surface area contributed by atoms with Gasteiger partial charge in [0, 0.05) is 24.2 Å². The number of rotatable bonds is 6. The van der Waals surface area contributed by atoms with Crippen LogP contribution in [0.2, 0.25) is 0 Å². The van der Waals surface area contributed by atoms with Gasteiger partial charge in [0.05, 0.1) is 31.4 Å². The van der Waals surface area contributed by atoms with Gasteiger partial charge in [-0.2, -0.15) is 5.10 Å². The van der Waals surface area contributed by atoms with Gasteiger partial charge < -0.3 is 15.4 Å². The molecule has 1 aliphatic heterocycles. The first kappa shape index (κ1) is 17.5. The number of carbonyl (C=O) groups excluding carboxylic acids is 1. The highest BCUT2D eigenvalue weighted by Crippen LogP contribution is 2.31. The van der Waals surface area contributed by atoms with Crippen molar-refractivity contribution in [2.75, 3.05) is 6.61 Å². The normalized spacial score (nSPS) is 18.8. The quantitative estimate of drug-likeness (QED) is 0.844. The number of nitrogens with one attached hydrogen (secondary N) is 2. The summed E-state index contributed by atoms with van der Waals surface area (Å²) in [6.07, 6.45) is 4.63. The van der Waals surface area contributed by atoms with E-state index in [1.807, 2.05) is 55.2 Å². The van der Waals surface area contributed by atoms with Gasteiger partial charge in [0.25, 0.3) is 0 Å². The Bertz CT molecular complexity index is 728. The molecule has 1 amide bonds. The average molecular weight is 342 g/mol. The number of amides is 1. The molecule has 2 N–H and O–H groups in total. The highest BCUT2D eigenvalue weighted by molar-refractivity contribution is 5.81. The first-order valence-corrected chi connectivity index (χ1v) is 8.80. The summed E-state index contributed by atoms with van der Waals surface area (Å²) in [6, 6.07) is 7.76. The highest BCUT2D eigenvalue weighted by atomic mass is 16.5. The Labute approximate surface area is 148 Å². The third kappa shape index (κ3) is 4.39. The summed E-state index contributed by atoms with van der Waals surface area (Å²) in [4.78, 5) is 12.6. The molecule has 0 spiro atoms. The SMILES string of the molecule is Cc1cnn(C[C@H](C)N[C@H](C)C(=O)N[C@H]2CCOc3ccccc32)c1. The van der Waals surface area contributed by atoms with Gasteiger partial charge >= 0.3 is 0 Å². The summed E-state index contributed by atoms with van der Waals surface area (Å²) in [5.41, 5.74) is 2.19. The van der Waals surface area contributed by atoms with Gasteiger partial charge in [-0.15, -0.1) is 0 Å². The number of benzene rings is 1. The number of aryl methyl sites for hydroxylation is 1. The predicted molar refractivity (Wildman–Crippen MR) is 96.5 cm³/mol. The molecule has 6 heteroatoms. The van der Waals surface area contributed by atoms with Crippen molar-refractivity contribution in [3.8, 4) is 5.75 Å². The molecule has 0 aliphatic carbocycles. The predicted octanol–water partition coefficient (Wildman–Crippen LogP) is 2.20. The van der Waals surface area contributed by atoms with Crippen molar-refractivity contribution in [2.24, 2.45) is 0 Å². The summed E-state index contributed by atoms with van der Waals surface area (Å²) < 4.78 is 7.55. The molecule has 0 unspecified atom stereocenters. The Morgan fingerprint density at radius 3 is 2.96 bits per heavy atom. The molecule has 3 atom stereocenters. The highest BCUT2D eigenvalue weighted by Gasteiger charge is 2.25. The zero-order valence-corrected chi connectivity index (χ0v) is 15.0. The maximum atomic E-state index is 12.6. The van der Waals surface area contributed by atoms with Crippen LogP contribution >= 0.6 is 0 Å². The molecule has 2 aromatic rings. The third-order valence-electron chi connectivity index (χ3n) is 4.43. The van der Waals surface area contributed by atoms with Crippen LogP contribution in [0.15, 0.2) is 36.7 Å². The molecular weight excluding hydrogens is 316 g/mol. The Kier molecular flexibility index (Phi) is 5.38. The topological polar surface area (TPSA) is 68.2 Å². The van der Waals surface area contributed by atoms with Crippen molar-refractivity contribution in [1.82, 2.24) is 20.4 Å². The van der Waals surface area contributed by atoms with Crippen LogP contribution in [-0.2, 0) is 11.3 Å². The van der Waals surface area contributed by atoms with E-state index in [1.165, 1.54) is 0 Å². The van der Waals surface area contributed by atoms with Gasteiger partial charge in [-0.3, -0.25) is 9.48 Å². The van der Waals surface area contributed by atoms with Crippen LogP contribution in [0.1, 0.15) is 37.4 Å². The van der Waals surface area contributed by atoms with Crippen molar-refractivity contribution in [3.05, 3.63) is 47.8 Å². The third-order valence-corrected chi connectivity index (χ3v) is 4.43. The molecule has 1 aromatic carbocycles. The van der Waals surface area contributed by atoms with Crippen LogP contribution in [0.5, 0.6) is 5.75 Å².